The van der Waals surface area contributed by atoms with E-state index in [1.165, 1.54) is 0 Å². The second-order valence-electron chi connectivity index (χ2n) is 0.493. The van der Waals surface area contributed by atoms with Gasteiger partial charge in [0.05, 0.1) is 0 Å². The molecule has 0 heterocycles. The van der Waals surface area contributed by atoms with Crippen LogP contribution in [-0.2, 0) is 46.7 Å². The zero-order valence-electron chi connectivity index (χ0n) is 5.83. The molecule has 0 bridgehead atoms. The minimum atomic E-state index is 0. The molecule has 0 rings (SSSR count). The summed E-state index contributed by atoms with van der Waals surface area (Å²) in [7, 11) is 0. The summed E-state index contributed by atoms with van der Waals surface area (Å²) in [5.74, 6) is 0. The fraction of sp³-hybridized carbons (Fsp3) is 0. The molecule has 4 nitrogen and oxygen atoms in total. The van der Waals surface area contributed by atoms with E-state index in [1.807, 2.05) is 0 Å². The first-order valence-electron chi connectivity index (χ1n) is 1.60. The first-order chi connectivity index (χ1) is 4.83. The molecule has 8 heteroatoms. The first-order valence-corrected chi connectivity index (χ1v) is 3.81. The van der Waals surface area contributed by atoms with Crippen LogP contribution in [0.25, 0.3) is 0 Å². The van der Waals surface area contributed by atoms with E-state index in [0.717, 1.165) is 0 Å². The van der Waals surface area contributed by atoms with Crippen LogP contribution in [0.4, 0.5) is 0 Å². The van der Waals surface area contributed by atoms with Crippen LogP contribution in [0.5, 0.6) is 0 Å². The van der Waals surface area contributed by atoms with Crippen molar-refractivity contribution in [2.24, 2.45) is 0 Å². The minimum absolute atomic E-state index is 0. The third kappa shape index (κ3) is 43.3. The van der Waals surface area contributed by atoms with Crippen LogP contribution in [0.3, 0.4) is 0 Å². The number of rotatable bonds is 0. The van der Waals surface area contributed by atoms with Crippen molar-refractivity contribution in [3.8, 4) is 19.9 Å². The van der Waals surface area contributed by atoms with Gasteiger partial charge in [-0.15, -0.1) is 0 Å². The molecule has 0 saturated carbocycles. The van der Waals surface area contributed by atoms with Gasteiger partial charge in [-0.05, 0) is 0 Å². The monoisotopic (exact) mass is 314 g/mol. The largest absolute Gasteiger partial charge is 0 e. The average molecular weight is 314 g/mol. The molecule has 0 fully saturated rings. The molecule has 0 aromatic heterocycles. The minimum Gasteiger partial charge on any atom is 0 e. The Kier molecular flexibility index (Phi) is 57.1. The van der Waals surface area contributed by atoms with Crippen molar-refractivity contribution < 1.29 is 46.7 Å². The zero-order chi connectivity index (χ0) is 8.24. The Labute approximate surface area is 136 Å². The number of hydrogen-bond donors (Lipinski definition) is 0. The van der Waals surface area contributed by atoms with Gasteiger partial charge in [0, 0.05) is 68.2 Å². The van der Waals surface area contributed by atoms with Gasteiger partial charge in [0.2, 0.25) is 0 Å². The fourth-order valence-corrected chi connectivity index (χ4v) is 0.146. The standard InChI is InChI=1S/4CN.Co.2Fe.K/c4*1-2;;;;. The Balaban J connectivity index is -0.0000000457. The average Bonchev–Trinajstić information content (AvgIpc) is 1.93. The third-order valence-corrected chi connectivity index (χ3v) is 0.652. The summed E-state index contributed by atoms with van der Waals surface area (Å²) >= 11 is 0. The van der Waals surface area contributed by atoms with Crippen molar-refractivity contribution in [2.75, 3.05) is 0 Å². The van der Waals surface area contributed by atoms with Crippen LogP contribution < -0.4 is 0 Å². The number of nitrogens with zero attached hydrogens (tertiary/aromatic N) is 4. The molecule has 0 aliphatic heterocycles. The Hall–Kier alpha value is 1.14. The van der Waals surface area contributed by atoms with Gasteiger partial charge < -0.3 is 0 Å². The molecule has 0 spiro atoms. The van der Waals surface area contributed by atoms with Crippen molar-refractivity contribution in [2.45, 2.75) is 0 Å². The van der Waals surface area contributed by atoms with Gasteiger partial charge in [0.15, 0.2) is 0 Å². The molecule has 0 aromatic carbocycles. The first kappa shape index (κ1) is 23.2. The number of nitriles is 4. The van der Waals surface area contributed by atoms with E-state index in [1.54, 1.807) is 19.9 Å². The molecule has 0 atom stereocenters. The van der Waals surface area contributed by atoms with Crippen LogP contribution in [0.1, 0.15) is 0 Å². The third-order valence-electron chi connectivity index (χ3n) is 0.158. The van der Waals surface area contributed by atoms with Crippen molar-refractivity contribution in [1.82, 2.24) is 0 Å². The molecule has 0 amide bonds. The van der Waals surface area contributed by atoms with Crippen LogP contribution >= 0.6 is 0 Å². The van der Waals surface area contributed by atoms with E-state index in [4.69, 9.17) is 21.0 Å². The molecule has 2 radical (unpaired) electrons. The van der Waals surface area contributed by atoms with E-state index >= 15 is 0 Å². The molecule has 0 unspecified atom stereocenters. The van der Waals surface area contributed by atoms with Crippen molar-refractivity contribution in [3.05, 3.63) is 0 Å². The summed E-state index contributed by atoms with van der Waals surface area (Å²) in [5, 5.41) is 30.4. The Morgan fingerprint density at radius 2 is 0.833 bits per heavy atom. The Morgan fingerprint density at radius 3 is 0.833 bits per heavy atom. The summed E-state index contributed by atoms with van der Waals surface area (Å²) < 4.78 is 0. The summed E-state index contributed by atoms with van der Waals surface area (Å²) in [6.45, 7) is 0. The molecule has 0 aromatic rings. The summed E-state index contributed by atoms with van der Waals surface area (Å²) in [6, 6.07) is 0. The van der Waals surface area contributed by atoms with Gasteiger partial charge in [-0.25, -0.2) is 0 Å². The van der Waals surface area contributed by atoms with E-state index in [-0.39, 0.29) is 98.1 Å². The van der Waals surface area contributed by atoms with Gasteiger partial charge in [0.1, 0.15) is 0 Å². The molecule has 12 heavy (non-hydrogen) atoms. The normalized spacial score (nSPS) is 4.33. The van der Waals surface area contributed by atoms with Crippen molar-refractivity contribution in [1.29, 1.82) is 21.0 Å². The van der Waals surface area contributed by atoms with Gasteiger partial charge in [-0.2, -0.15) is 0 Å². The maximum Gasteiger partial charge on any atom is 0 e. The molecule has 0 N–H and O–H groups in total. The second kappa shape index (κ2) is 29.6. The Bertz CT molecular complexity index is 181. The second-order valence-corrected chi connectivity index (χ2v) is 2.03. The van der Waals surface area contributed by atoms with Gasteiger partial charge in [0.25, 0.3) is 0 Å². The van der Waals surface area contributed by atoms with E-state index in [0.29, 0.717) is 0 Å². The molecule has 0 aliphatic carbocycles. The maximum atomic E-state index is 7.59. The van der Waals surface area contributed by atoms with Gasteiger partial charge >= 0.3 is 70.8 Å². The predicted octanol–water partition coefficient (Wildman–Crippen LogP) is -0.321. The smallest absolute Gasteiger partial charge is 0 e. The van der Waals surface area contributed by atoms with Gasteiger partial charge in [-0.1, -0.05) is 0 Å². The van der Waals surface area contributed by atoms with E-state index in [2.05, 4.69) is 0 Å². The van der Waals surface area contributed by atoms with E-state index < -0.39 is 0 Å². The fourth-order valence-electron chi connectivity index (χ4n) is 0.0354. The summed E-state index contributed by atoms with van der Waals surface area (Å²) in [6.07, 6.45) is 0. The Morgan fingerprint density at radius 1 is 0.667 bits per heavy atom. The van der Waals surface area contributed by atoms with Gasteiger partial charge in [-0.3, -0.25) is 0 Å². The summed E-state index contributed by atoms with van der Waals surface area (Å²) in [4.78, 5) is 6.62. The van der Waals surface area contributed by atoms with Crippen LogP contribution in [0.2, 0.25) is 0 Å². The SMILES string of the molecule is N#[C][Fe][C]#N.N#[C][Fe][C]#N.[Co].[K]. The number of hydrogen-bond acceptors (Lipinski definition) is 4. The topological polar surface area (TPSA) is 95.2 Å². The molecule has 0 saturated heterocycles. The molecule has 62 valence electrons. The van der Waals surface area contributed by atoms with Crippen molar-refractivity contribution >= 4 is 51.4 Å². The van der Waals surface area contributed by atoms with Crippen LogP contribution in [-0.4, -0.2) is 51.4 Å². The van der Waals surface area contributed by atoms with E-state index in [9.17, 15) is 0 Å². The van der Waals surface area contributed by atoms with Crippen LogP contribution in [0, 0.1) is 40.9 Å². The zero-order valence-corrected chi connectivity index (χ0v) is 12.2. The quantitative estimate of drug-likeness (QED) is 0.573. The molecule has 0 aliphatic rings. The summed E-state index contributed by atoms with van der Waals surface area (Å²) in [5.41, 5.74) is 0. The maximum absolute atomic E-state index is 7.59. The molecular weight excluding hydrogens is 314 g/mol. The molecular formula is C4CoFe2KN4. The van der Waals surface area contributed by atoms with Crippen LogP contribution in [0.15, 0.2) is 0 Å². The predicted molar refractivity (Wildman–Crippen MR) is 28.2 cm³/mol. The van der Waals surface area contributed by atoms with Crippen molar-refractivity contribution in [3.63, 3.8) is 0 Å².